The molecule has 0 amide bonds. The number of hydrogen-bond donors (Lipinski definition) is 1. The third-order valence-corrected chi connectivity index (χ3v) is 5.75. The molecule has 0 radical (unpaired) electrons. The van der Waals surface area contributed by atoms with E-state index in [1.54, 1.807) is 0 Å². The fourth-order valence-corrected chi connectivity index (χ4v) is 3.94. The molecule has 0 saturated heterocycles. The average molecular weight is 352 g/mol. The van der Waals surface area contributed by atoms with Crippen LogP contribution in [0.25, 0.3) is 0 Å². The highest BCUT2D eigenvalue weighted by molar-refractivity contribution is 5.76. The minimum Gasteiger partial charge on any atom is -0.345 e. The number of rotatable bonds is 15. The molecule has 2 atom stereocenters. The fraction of sp³-hybridized carbons (Fsp3) is 0.864. The highest BCUT2D eigenvalue weighted by Crippen LogP contribution is 2.22. The second kappa shape index (κ2) is 13.5. The highest BCUT2D eigenvalue weighted by atomic mass is 16.3. The molecule has 0 fully saturated rings. The number of hydrogen-bond acceptors (Lipinski definition) is 2. The van der Waals surface area contributed by atoms with E-state index in [0.717, 1.165) is 26.1 Å². The molecule has 1 aliphatic heterocycles. The number of likely N-dealkylation sites (N-methyl/N-ethyl adjacent to an activating group) is 1. The number of amidine groups is 1. The topological polar surface area (TPSA) is 32.6 Å². The number of aliphatic hydroxyl groups excluding tert-OH is 1. The van der Waals surface area contributed by atoms with E-state index in [2.05, 4.69) is 26.0 Å². The number of unbranched alkanes of at least 4 members (excludes halogenated alkanes) is 9. The first kappa shape index (κ1) is 22.4. The van der Waals surface area contributed by atoms with Crippen molar-refractivity contribution in [2.75, 3.05) is 19.6 Å². The van der Waals surface area contributed by atoms with Gasteiger partial charge in [0.2, 0.25) is 5.84 Å². The quantitative estimate of drug-likeness (QED) is 0.225. The summed E-state index contributed by atoms with van der Waals surface area (Å²) in [7, 11) is 0. The van der Waals surface area contributed by atoms with Gasteiger partial charge in [-0.1, -0.05) is 57.6 Å². The fourth-order valence-electron chi connectivity index (χ4n) is 3.94. The molecule has 25 heavy (non-hydrogen) atoms. The summed E-state index contributed by atoms with van der Waals surface area (Å²) in [5.41, 5.74) is 0. The summed E-state index contributed by atoms with van der Waals surface area (Å²) in [6.07, 6.45) is 20.0. The number of allylic oxidation sites excluding steroid dienone is 2. The molecule has 1 heterocycles. The summed E-state index contributed by atoms with van der Waals surface area (Å²) in [5.74, 6) is 1.23. The second-order valence-electron chi connectivity index (χ2n) is 7.63. The van der Waals surface area contributed by atoms with Gasteiger partial charge in [-0.2, -0.15) is 0 Å². The van der Waals surface area contributed by atoms with Crippen molar-refractivity contribution in [3.05, 3.63) is 12.2 Å². The maximum atomic E-state index is 10.2. The third kappa shape index (κ3) is 8.04. The van der Waals surface area contributed by atoms with Crippen molar-refractivity contribution in [1.29, 1.82) is 0 Å². The molecular formula is C22H43N2O+. The van der Waals surface area contributed by atoms with Gasteiger partial charge in [0.15, 0.2) is 6.23 Å². The lowest BCUT2D eigenvalue weighted by Crippen LogP contribution is -2.56. The highest BCUT2D eigenvalue weighted by Gasteiger charge is 2.40. The minimum absolute atomic E-state index is 0.323. The summed E-state index contributed by atoms with van der Waals surface area (Å²) < 4.78 is 0.707. The van der Waals surface area contributed by atoms with E-state index >= 15 is 0 Å². The van der Waals surface area contributed by atoms with E-state index in [-0.39, 0.29) is 6.23 Å². The van der Waals surface area contributed by atoms with Gasteiger partial charge in [0.1, 0.15) is 6.54 Å². The van der Waals surface area contributed by atoms with E-state index < -0.39 is 0 Å². The van der Waals surface area contributed by atoms with Crippen molar-refractivity contribution in [3.8, 4) is 0 Å². The zero-order valence-corrected chi connectivity index (χ0v) is 17.2. The predicted molar refractivity (Wildman–Crippen MR) is 110 cm³/mol. The summed E-state index contributed by atoms with van der Waals surface area (Å²) >= 11 is 0. The lowest BCUT2D eigenvalue weighted by molar-refractivity contribution is -0.882. The molecule has 0 spiro atoms. The van der Waals surface area contributed by atoms with E-state index in [1.165, 1.54) is 76.5 Å². The van der Waals surface area contributed by atoms with Crippen LogP contribution in [0.3, 0.4) is 0 Å². The number of nitrogens with zero attached hydrogens (tertiary/aromatic N) is 2. The van der Waals surface area contributed by atoms with Gasteiger partial charge in [-0.25, -0.2) is 4.99 Å². The molecule has 0 aliphatic carbocycles. The second-order valence-corrected chi connectivity index (χ2v) is 7.63. The van der Waals surface area contributed by atoms with Crippen LogP contribution >= 0.6 is 0 Å². The van der Waals surface area contributed by atoms with Gasteiger partial charge in [0.05, 0.1) is 13.1 Å². The van der Waals surface area contributed by atoms with Crippen molar-refractivity contribution >= 4 is 5.84 Å². The van der Waals surface area contributed by atoms with Crippen LogP contribution in [0.2, 0.25) is 0 Å². The van der Waals surface area contributed by atoms with Gasteiger partial charge in [-0.05, 0) is 39.0 Å². The van der Waals surface area contributed by atoms with Crippen molar-refractivity contribution < 1.29 is 9.59 Å². The van der Waals surface area contributed by atoms with Crippen LogP contribution in [0, 0.1) is 0 Å². The van der Waals surface area contributed by atoms with Crippen LogP contribution < -0.4 is 0 Å². The Morgan fingerprint density at radius 1 is 0.960 bits per heavy atom. The Balaban J connectivity index is 2.02. The smallest absolute Gasteiger partial charge is 0.200 e. The lowest BCUT2D eigenvalue weighted by Gasteiger charge is -2.36. The molecule has 2 unspecified atom stereocenters. The van der Waals surface area contributed by atoms with Crippen molar-refractivity contribution in [2.45, 2.75) is 104 Å². The molecule has 146 valence electrons. The molecule has 1 rings (SSSR count). The molecule has 1 N–H and O–H groups in total. The first-order valence-corrected chi connectivity index (χ1v) is 10.9. The van der Waals surface area contributed by atoms with Crippen LogP contribution in [0.4, 0.5) is 0 Å². The standard InChI is InChI=1S/C22H43N2O/c1-4-6-7-8-9-10-11-12-13-14-15-16-17-18-22-23-19-20-24(22,5-2)21(3)25/h12-13,21,25H,4-11,14-20H2,1-3H3/q+1/b13-12+. The first-order valence-electron chi connectivity index (χ1n) is 10.9. The van der Waals surface area contributed by atoms with Gasteiger partial charge < -0.3 is 5.11 Å². The van der Waals surface area contributed by atoms with Crippen LogP contribution in [0.5, 0.6) is 0 Å². The Kier molecular flexibility index (Phi) is 12.1. The summed E-state index contributed by atoms with van der Waals surface area (Å²) in [5, 5.41) is 10.2. The van der Waals surface area contributed by atoms with Crippen molar-refractivity contribution in [1.82, 2.24) is 0 Å². The zero-order chi connectivity index (χ0) is 18.4. The Morgan fingerprint density at radius 3 is 2.16 bits per heavy atom. The van der Waals surface area contributed by atoms with Crippen LogP contribution in [0.1, 0.15) is 97.8 Å². The molecule has 0 aromatic carbocycles. The molecule has 0 aromatic rings. The Labute approximate surface area is 156 Å². The largest absolute Gasteiger partial charge is 0.345 e. The van der Waals surface area contributed by atoms with Gasteiger partial charge >= 0.3 is 0 Å². The Hall–Kier alpha value is -0.670. The van der Waals surface area contributed by atoms with Gasteiger partial charge in [-0.15, -0.1) is 0 Å². The molecule has 0 saturated carbocycles. The molecule has 3 nitrogen and oxygen atoms in total. The summed E-state index contributed by atoms with van der Waals surface area (Å²) in [6.45, 7) is 9.18. The average Bonchev–Trinajstić information content (AvgIpc) is 3.03. The zero-order valence-electron chi connectivity index (χ0n) is 17.2. The number of aliphatic hydroxyl groups is 1. The van der Waals surface area contributed by atoms with Crippen LogP contribution in [-0.2, 0) is 0 Å². The monoisotopic (exact) mass is 351 g/mol. The number of quaternary nitrogens is 1. The molecule has 0 aromatic heterocycles. The molecule has 3 heteroatoms. The summed E-state index contributed by atoms with van der Waals surface area (Å²) in [4.78, 5) is 4.69. The summed E-state index contributed by atoms with van der Waals surface area (Å²) in [6, 6.07) is 0. The maximum absolute atomic E-state index is 10.2. The predicted octanol–water partition coefficient (Wildman–Crippen LogP) is 5.83. The van der Waals surface area contributed by atoms with E-state index in [9.17, 15) is 5.11 Å². The Bertz CT molecular complexity index is 389. The van der Waals surface area contributed by atoms with Crippen molar-refractivity contribution in [2.24, 2.45) is 4.99 Å². The molecule has 1 aliphatic rings. The van der Waals surface area contributed by atoms with Crippen molar-refractivity contribution in [3.63, 3.8) is 0 Å². The SMILES string of the molecule is CCCCCCCC/C=C/CCCCCC1=NCC[N+]1(CC)C(C)O. The molecule has 0 bridgehead atoms. The van der Waals surface area contributed by atoms with Gasteiger partial charge in [0.25, 0.3) is 0 Å². The van der Waals surface area contributed by atoms with Gasteiger partial charge in [-0.3, -0.25) is 4.48 Å². The third-order valence-electron chi connectivity index (χ3n) is 5.75. The van der Waals surface area contributed by atoms with E-state index in [4.69, 9.17) is 4.99 Å². The van der Waals surface area contributed by atoms with E-state index in [0.29, 0.717) is 4.48 Å². The van der Waals surface area contributed by atoms with Crippen LogP contribution in [-0.4, -0.2) is 41.3 Å². The minimum atomic E-state index is -0.323. The lowest BCUT2D eigenvalue weighted by atomic mass is 10.1. The Morgan fingerprint density at radius 2 is 1.56 bits per heavy atom. The van der Waals surface area contributed by atoms with E-state index in [1.807, 2.05) is 6.92 Å². The maximum Gasteiger partial charge on any atom is 0.200 e. The number of aliphatic imine (C=N–C) groups is 1. The normalized spacial score (nSPS) is 21.8. The molecular weight excluding hydrogens is 308 g/mol. The first-order chi connectivity index (χ1) is 12.2. The van der Waals surface area contributed by atoms with Gasteiger partial charge in [0, 0.05) is 13.3 Å². The van der Waals surface area contributed by atoms with Crippen LogP contribution in [0.15, 0.2) is 17.1 Å².